The van der Waals surface area contributed by atoms with Crippen molar-refractivity contribution < 1.29 is 199 Å². The number of benzene rings is 4. The summed E-state index contributed by atoms with van der Waals surface area (Å²) in [6, 6.07) is 66.6. The second-order valence-electron chi connectivity index (χ2n) is 24.4. The van der Waals surface area contributed by atoms with Crippen molar-refractivity contribution in [3.8, 4) is 56.3 Å². The number of aryl methyl sites for hydroxylation is 1. The van der Waals surface area contributed by atoms with Gasteiger partial charge in [-0.15, -0.1) is 66.4 Å². The van der Waals surface area contributed by atoms with Gasteiger partial charge >= 0.3 is 44.4 Å². The van der Waals surface area contributed by atoms with Crippen molar-refractivity contribution in [2.24, 2.45) is 4.99 Å². The van der Waals surface area contributed by atoms with Crippen LogP contribution >= 0.6 is 0 Å². The number of carboxylic acids is 2. The van der Waals surface area contributed by atoms with E-state index >= 15 is 0 Å². The number of nitrogens with one attached hydrogen (secondary N) is 5. The number of hydrogen-bond acceptors (Lipinski definition) is 16. The smallest absolute Gasteiger partial charge is 0.811 e. The first-order valence-electron chi connectivity index (χ1n) is 36.5. The van der Waals surface area contributed by atoms with E-state index in [1.54, 1.807) is 152 Å². The number of amidine groups is 2. The van der Waals surface area contributed by atoms with Crippen LogP contribution in [0.3, 0.4) is 0 Å². The van der Waals surface area contributed by atoms with Gasteiger partial charge in [0.2, 0.25) is 0 Å². The largest absolute Gasteiger partial charge is 3.00 e. The van der Waals surface area contributed by atoms with Crippen molar-refractivity contribution in [2.45, 2.75) is 19.3 Å². The van der Waals surface area contributed by atoms with Gasteiger partial charge in [-0.3, -0.25) is 60.5 Å². The topological polar surface area (TPSA) is 358 Å². The Kier molecular flexibility index (Phi) is 55.9. The molecule has 137 heavy (non-hydrogen) atoms. The maximum absolute atomic E-state index is 13.2. The van der Waals surface area contributed by atoms with Crippen LogP contribution in [0.5, 0.6) is 0 Å². The first-order valence-corrected chi connectivity index (χ1v) is 36.5. The molecule has 0 aliphatic heterocycles. The summed E-state index contributed by atoms with van der Waals surface area (Å²) in [7, 11) is 0. The molecular weight excluding hydrogens is 2720 g/mol. The Morgan fingerprint density at radius 2 is 0.715 bits per heavy atom. The number of aromatic nitrogens is 11. The van der Waals surface area contributed by atoms with Crippen molar-refractivity contribution >= 4 is 46.9 Å². The van der Waals surface area contributed by atoms with Gasteiger partial charge in [-0.05, 0) is 138 Å². The van der Waals surface area contributed by atoms with Crippen LogP contribution in [-0.4, -0.2) is 113 Å². The number of pyridine rings is 11. The Morgan fingerprint density at radius 3 is 1.01 bits per heavy atom. The summed E-state index contributed by atoms with van der Waals surface area (Å²) >= 11 is 0. The standard InChI is InChI=1S/C11H7F2N2.3C11H6F2N.C10H5F2N2.C9H7F3N3.C9H6F2N2.C8H6F3N4.2C6H5NO2.5Ir/c1-7-4-5-14-9(6-7)8-2-3-10(12)15-11(8)13;3*12-8-4-5-9(10(13)7-8)11-3-1-2-6-14-11;11-9-5-4-7(10(12)14-9)8-3-1-2-6-13-8;10-9(11,12)8(14)5-6(13)7-3-1-2-4-15-7;10-7-2-3-9(8(11)6-7)13-5-1-4-12;9-8(10,11)7(13)15-6(12)5-3-1-2-4-14-5;2*8-6(9)5-3-1-2-4-7-5;;;;;/h3-6H,1H3;3*1-4,6-7H;1-3,5-6H;1-5,13-14H;1-2,4-6,13H;1-4H,(H2-,12,13,15);2*1-4H,(H,8,9);;;;;/q6*-1;-2;-1;;;;;;;+3/b;;;;;6-5-,14-8?;5-1-;;;;;;;;. The minimum absolute atomic E-state index is 0. The molecular formula is C92H59F18Ir5N18O4-6. The van der Waals surface area contributed by atoms with Crippen LogP contribution in [0.4, 0.5) is 84.7 Å². The van der Waals surface area contributed by atoms with E-state index in [2.05, 4.69) is 102 Å². The molecule has 22 nitrogen and oxygen atoms in total. The Morgan fingerprint density at radius 1 is 0.401 bits per heavy atom. The summed E-state index contributed by atoms with van der Waals surface area (Å²) < 4.78 is 225. The Labute approximate surface area is 836 Å². The van der Waals surface area contributed by atoms with Gasteiger partial charge in [0.1, 0.15) is 46.7 Å². The monoisotopic (exact) mass is 2790 g/mol. The number of alkyl halides is 6. The van der Waals surface area contributed by atoms with Gasteiger partial charge in [0, 0.05) is 188 Å². The van der Waals surface area contributed by atoms with Gasteiger partial charge in [0.25, 0.3) is 0 Å². The van der Waals surface area contributed by atoms with Crippen LogP contribution in [0.1, 0.15) is 37.9 Å². The Bertz CT molecular complexity index is 5860. The number of nitrogens with zero attached hydrogens (tertiary/aromatic N) is 13. The average molecular weight is 2780 g/mol. The molecule has 0 aliphatic rings. The molecule has 7 N–H and O–H groups in total. The molecule has 0 amide bonds. The minimum atomic E-state index is -4.83. The van der Waals surface area contributed by atoms with Gasteiger partial charge in [0.05, 0.1) is 5.69 Å². The number of carbonyl (C=O) groups is 2. The van der Waals surface area contributed by atoms with E-state index in [0.717, 1.165) is 72.4 Å². The third-order valence-corrected chi connectivity index (χ3v) is 14.9. The van der Waals surface area contributed by atoms with Crippen molar-refractivity contribution in [1.29, 1.82) is 10.8 Å². The number of anilines is 1. The average Bonchev–Trinajstić information content (AvgIpc) is 0.837. The predicted molar refractivity (Wildman–Crippen MR) is 451 cm³/mol. The molecule has 45 heteroatoms. The van der Waals surface area contributed by atoms with Gasteiger partial charge in [-0.25, -0.2) is 37.1 Å². The molecule has 15 rings (SSSR count). The maximum Gasteiger partial charge on any atom is 3.00 e. The molecule has 4 aromatic carbocycles. The van der Waals surface area contributed by atoms with E-state index in [-0.39, 0.29) is 157 Å². The van der Waals surface area contributed by atoms with Gasteiger partial charge in [0.15, 0.2) is 0 Å². The second-order valence-corrected chi connectivity index (χ2v) is 24.4. The first-order chi connectivity index (χ1) is 62.9. The molecule has 11 aromatic heterocycles. The third kappa shape index (κ3) is 44.4. The number of aromatic carboxylic acids is 2. The number of halogens is 18. The van der Waals surface area contributed by atoms with Crippen LogP contribution in [0.25, 0.3) is 78.9 Å². The van der Waals surface area contributed by atoms with E-state index < -0.39 is 118 Å². The normalized spacial score (nSPS) is 10.2. The summed E-state index contributed by atoms with van der Waals surface area (Å²) in [5.74, 6) is -13.3. The number of hydrogen-bond donors (Lipinski definition) is 5. The predicted octanol–water partition coefficient (Wildman–Crippen LogP) is 22.6. The van der Waals surface area contributed by atoms with Gasteiger partial charge in [-0.1, -0.05) is 149 Å². The van der Waals surface area contributed by atoms with Crippen LogP contribution < -0.4 is 5.32 Å². The van der Waals surface area contributed by atoms with Crippen LogP contribution in [0.2, 0.25) is 0 Å². The van der Waals surface area contributed by atoms with Crippen molar-refractivity contribution in [2.75, 3.05) is 5.32 Å². The van der Waals surface area contributed by atoms with Crippen molar-refractivity contribution in [3.05, 3.63) is 444 Å². The van der Waals surface area contributed by atoms with Crippen molar-refractivity contribution in [1.82, 2.24) is 54.8 Å². The Hall–Kier alpha value is -14.0. The van der Waals surface area contributed by atoms with Gasteiger partial charge < -0.3 is 67.7 Å². The molecule has 718 valence electrons. The summed E-state index contributed by atoms with van der Waals surface area (Å²) in [6.45, 7) is 1.86. The molecule has 11 heterocycles. The van der Waals surface area contributed by atoms with E-state index in [1.807, 2.05) is 6.92 Å². The molecule has 0 saturated heterocycles. The van der Waals surface area contributed by atoms with Crippen molar-refractivity contribution in [3.63, 3.8) is 0 Å². The number of aliphatic imine (C=N–C) groups is 1. The van der Waals surface area contributed by atoms with Crippen LogP contribution in [-0.2, 0) is 101 Å². The summed E-state index contributed by atoms with van der Waals surface area (Å²) in [5.41, 5.74) is 16.5. The van der Waals surface area contributed by atoms with E-state index in [4.69, 9.17) is 37.9 Å². The van der Waals surface area contributed by atoms with Gasteiger partial charge in [-0.2, -0.15) is 38.6 Å². The fourth-order valence-electron chi connectivity index (χ4n) is 9.01. The summed E-state index contributed by atoms with van der Waals surface area (Å²) in [5, 5.41) is 40.6. The van der Waals surface area contributed by atoms with E-state index in [1.165, 1.54) is 73.6 Å². The summed E-state index contributed by atoms with van der Waals surface area (Å²) in [4.78, 5) is 63.4. The van der Waals surface area contributed by atoms with E-state index in [0.29, 0.717) is 34.5 Å². The quantitative estimate of drug-likeness (QED) is 0.0235. The van der Waals surface area contributed by atoms with E-state index in [9.17, 15) is 88.6 Å². The number of allylic oxidation sites excluding steroid dienone is 2. The number of rotatable bonds is 13. The molecule has 15 aromatic rings. The zero-order valence-corrected chi connectivity index (χ0v) is 80.8. The van der Waals surface area contributed by atoms with Crippen LogP contribution in [0, 0.1) is 124 Å². The molecule has 0 fully saturated rings. The molecule has 0 aliphatic carbocycles. The first kappa shape index (κ1) is 121. The molecule has 0 unspecified atom stereocenters. The minimum Gasteiger partial charge on any atom is -0.811 e. The zero-order valence-electron chi connectivity index (χ0n) is 68.8. The second kappa shape index (κ2) is 63.3. The SMILES string of the molecule is Cc1ccnc(-c2[c-]cc(F)nc2F)c1.Fc1c[c-]c(-c2ccccn2)c(F)c1.Fc1c[c-]c(-c2ccccn2)c(F)c1.Fc1c[c-]c(-c2ccccn2)c(F)c1.Fc1c[c-]c(-c2ccccn2)c(F)n1.N=C(/C=C(\[NH-])c1ccccn1)C(F)(F)F.N=C(N=C([NH-])c1ccccn1)C(F)(F)F.O=C(O)c1ccccn1.O=C(O)c1ccccn1.[Ir+3].[Ir].[Ir].[Ir].[Ir].[N-]=C/C=C\Nc1[c-]cc(F)cc1F. The molecule has 0 atom stereocenters. The maximum atomic E-state index is 13.2. The summed E-state index contributed by atoms with van der Waals surface area (Å²) in [6.07, 6.45) is 7.54. The fourth-order valence-corrected chi connectivity index (χ4v) is 9.01. The third-order valence-electron chi connectivity index (χ3n) is 14.9. The molecule has 0 saturated carbocycles. The molecule has 4 radical (unpaired) electrons. The van der Waals surface area contributed by atoms with Crippen LogP contribution in [0.15, 0.2) is 298 Å². The zero-order chi connectivity index (χ0) is 96.7. The fraction of sp³-hybridized carbons (Fsp3) is 0.0326. The number of carboxylic acid groups (broad SMARTS) is 2. The molecule has 0 spiro atoms. The molecule has 0 bridgehead atoms. The Balaban J connectivity index is 0.000000761.